The maximum absolute atomic E-state index is 13.2. The Hall–Kier alpha value is -3.35. The Morgan fingerprint density at radius 2 is 1.80 bits per heavy atom. The molecule has 1 atom stereocenters. The minimum absolute atomic E-state index is 0.0346. The van der Waals surface area contributed by atoms with E-state index in [0.29, 0.717) is 34.5 Å². The summed E-state index contributed by atoms with van der Waals surface area (Å²) in [4.78, 5) is 13.1. The van der Waals surface area contributed by atoms with E-state index >= 15 is 0 Å². The number of amides is 1. The monoisotopic (exact) mass is 583 g/mol. The van der Waals surface area contributed by atoms with Gasteiger partial charge in [0, 0.05) is 29.7 Å². The normalized spacial score (nSPS) is 16.4. The number of fused-ring (bicyclic) bond motifs is 3. The van der Waals surface area contributed by atoms with E-state index in [1.165, 1.54) is 11.8 Å². The highest BCUT2D eigenvalue weighted by Gasteiger charge is 2.32. The molecule has 1 N–H and O–H groups in total. The molecule has 0 saturated carbocycles. The zero-order valence-electron chi connectivity index (χ0n) is 23.0. The van der Waals surface area contributed by atoms with Crippen LogP contribution in [0, 0.1) is 6.92 Å². The molecule has 2 aromatic carbocycles. The minimum atomic E-state index is -3.58. The van der Waals surface area contributed by atoms with Gasteiger partial charge in [-0.05, 0) is 68.1 Å². The van der Waals surface area contributed by atoms with Crippen molar-refractivity contribution in [2.45, 2.75) is 55.6 Å². The van der Waals surface area contributed by atoms with Crippen LogP contribution in [0.4, 0.5) is 5.69 Å². The number of benzene rings is 2. The Bertz CT molecular complexity index is 1650. The summed E-state index contributed by atoms with van der Waals surface area (Å²) in [6.07, 6.45) is 3.61. The van der Waals surface area contributed by atoms with E-state index in [1.807, 2.05) is 36.4 Å². The molecule has 5 rings (SSSR count). The van der Waals surface area contributed by atoms with Crippen LogP contribution >= 0.6 is 11.8 Å². The SMILES string of the molecule is CC[C@H]1CCCCN1S(=O)(=O)c1ccc(NC(=O)CSc2nnc3c(C)cc4cc(OC)c(OC)cc4n23)cc1. The first-order chi connectivity index (χ1) is 19.3. The maximum atomic E-state index is 13.2. The fourth-order valence-corrected chi connectivity index (χ4v) is 7.71. The van der Waals surface area contributed by atoms with Gasteiger partial charge in [-0.3, -0.25) is 9.20 Å². The Balaban J connectivity index is 1.31. The molecule has 1 aliphatic rings. The van der Waals surface area contributed by atoms with Crippen molar-refractivity contribution >= 4 is 49.9 Å². The van der Waals surface area contributed by atoms with E-state index in [4.69, 9.17) is 9.47 Å². The number of hydrogen-bond donors (Lipinski definition) is 1. The molecule has 3 heterocycles. The molecule has 1 aliphatic heterocycles. The van der Waals surface area contributed by atoms with E-state index in [0.717, 1.165) is 42.1 Å². The average Bonchev–Trinajstić information content (AvgIpc) is 3.40. The first kappa shape index (κ1) is 28.2. The Morgan fingerprint density at radius 3 is 2.50 bits per heavy atom. The molecule has 2 aromatic heterocycles. The van der Waals surface area contributed by atoms with E-state index < -0.39 is 10.0 Å². The summed E-state index contributed by atoms with van der Waals surface area (Å²) in [6.45, 7) is 4.52. The summed E-state index contributed by atoms with van der Waals surface area (Å²) < 4.78 is 40.9. The molecule has 0 radical (unpaired) electrons. The van der Waals surface area contributed by atoms with Crippen LogP contribution < -0.4 is 14.8 Å². The lowest BCUT2D eigenvalue weighted by Gasteiger charge is -2.34. The maximum Gasteiger partial charge on any atom is 0.243 e. The van der Waals surface area contributed by atoms with Gasteiger partial charge in [0.15, 0.2) is 22.3 Å². The number of nitrogens with zero attached hydrogens (tertiary/aromatic N) is 4. The molecular weight excluding hydrogens is 550 g/mol. The van der Waals surface area contributed by atoms with Crippen molar-refractivity contribution in [2.75, 3.05) is 31.8 Å². The molecule has 40 heavy (non-hydrogen) atoms. The number of ether oxygens (including phenoxy) is 2. The van der Waals surface area contributed by atoms with Gasteiger partial charge in [0.1, 0.15) is 0 Å². The molecule has 0 unspecified atom stereocenters. The van der Waals surface area contributed by atoms with Crippen LogP contribution in [0.2, 0.25) is 0 Å². The number of carbonyl (C=O) groups excluding carboxylic acids is 1. The van der Waals surface area contributed by atoms with Crippen LogP contribution in [0.3, 0.4) is 0 Å². The number of carbonyl (C=O) groups is 1. The van der Waals surface area contributed by atoms with Crippen molar-refractivity contribution in [1.82, 2.24) is 18.9 Å². The highest BCUT2D eigenvalue weighted by molar-refractivity contribution is 7.99. The van der Waals surface area contributed by atoms with Crippen molar-refractivity contribution in [2.24, 2.45) is 0 Å². The van der Waals surface area contributed by atoms with Gasteiger partial charge in [0.2, 0.25) is 15.9 Å². The molecule has 12 heteroatoms. The van der Waals surface area contributed by atoms with Gasteiger partial charge in [-0.25, -0.2) is 8.42 Å². The molecule has 1 fully saturated rings. The molecule has 212 valence electrons. The lowest BCUT2D eigenvalue weighted by molar-refractivity contribution is -0.113. The first-order valence-electron chi connectivity index (χ1n) is 13.2. The number of methoxy groups -OCH3 is 2. The second-order valence-corrected chi connectivity index (χ2v) is 12.6. The van der Waals surface area contributed by atoms with Crippen LogP contribution in [0.1, 0.15) is 38.2 Å². The lowest BCUT2D eigenvalue weighted by atomic mass is 10.0. The number of aryl methyl sites for hydroxylation is 1. The summed E-state index contributed by atoms with van der Waals surface area (Å²) >= 11 is 1.26. The van der Waals surface area contributed by atoms with Crippen molar-refractivity contribution in [1.29, 1.82) is 0 Å². The standard InChI is InChI=1S/C28H33N5O5S2/c1-5-21-8-6-7-13-32(21)40(35,36)22-11-9-20(10-12-22)29-26(34)17-39-28-31-30-27-18(2)14-19-15-24(37-3)25(38-4)16-23(19)33(27)28/h9-12,14-16,21H,5-8,13,17H2,1-4H3,(H,29,34)/t21-/m0/s1. The average molecular weight is 584 g/mol. The van der Waals surface area contributed by atoms with E-state index in [2.05, 4.69) is 15.5 Å². The number of nitrogens with one attached hydrogen (secondary N) is 1. The van der Waals surface area contributed by atoms with Crippen LogP contribution in [0.15, 0.2) is 52.5 Å². The van der Waals surface area contributed by atoms with Gasteiger partial charge >= 0.3 is 0 Å². The third-order valence-electron chi connectivity index (χ3n) is 7.25. The fourth-order valence-electron chi connectivity index (χ4n) is 5.20. The number of hydrogen-bond acceptors (Lipinski definition) is 8. The Labute approximate surface area is 238 Å². The van der Waals surface area contributed by atoms with E-state index in [-0.39, 0.29) is 22.6 Å². The summed E-state index contributed by atoms with van der Waals surface area (Å²) in [5.41, 5.74) is 2.99. The number of pyridine rings is 1. The van der Waals surface area contributed by atoms with Crippen molar-refractivity contribution in [3.05, 3.63) is 48.0 Å². The first-order valence-corrected chi connectivity index (χ1v) is 15.6. The van der Waals surface area contributed by atoms with Gasteiger partial charge in [0.05, 0.1) is 30.4 Å². The topological polar surface area (TPSA) is 115 Å². The molecule has 1 amide bonds. The number of piperidine rings is 1. The van der Waals surface area contributed by atoms with E-state index in [1.54, 1.807) is 42.8 Å². The largest absolute Gasteiger partial charge is 0.493 e. The van der Waals surface area contributed by atoms with Gasteiger partial charge in [-0.1, -0.05) is 25.1 Å². The zero-order chi connectivity index (χ0) is 28.4. The smallest absolute Gasteiger partial charge is 0.243 e. The summed E-state index contributed by atoms with van der Waals surface area (Å²) in [5.74, 6) is 1.06. The van der Waals surface area contributed by atoms with Gasteiger partial charge in [-0.15, -0.1) is 10.2 Å². The van der Waals surface area contributed by atoms with Crippen LogP contribution in [0.25, 0.3) is 16.6 Å². The number of aromatic nitrogens is 3. The Morgan fingerprint density at radius 1 is 1.07 bits per heavy atom. The van der Waals surface area contributed by atoms with Crippen LogP contribution in [-0.2, 0) is 14.8 Å². The predicted octanol–water partition coefficient (Wildman–Crippen LogP) is 4.89. The molecule has 0 aliphatic carbocycles. The van der Waals surface area contributed by atoms with Gasteiger partial charge in [-0.2, -0.15) is 4.31 Å². The lowest BCUT2D eigenvalue weighted by Crippen LogP contribution is -2.43. The highest BCUT2D eigenvalue weighted by Crippen LogP contribution is 2.35. The van der Waals surface area contributed by atoms with E-state index in [9.17, 15) is 13.2 Å². The molecule has 1 saturated heterocycles. The number of anilines is 1. The quantitative estimate of drug-likeness (QED) is 0.277. The zero-order valence-corrected chi connectivity index (χ0v) is 24.6. The Kier molecular flexibility index (Phi) is 8.20. The predicted molar refractivity (Wildman–Crippen MR) is 156 cm³/mol. The van der Waals surface area contributed by atoms with Crippen molar-refractivity contribution in [3.8, 4) is 11.5 Å². The second kappa shape index (κ2) is 11.6. The molecule has 0 spiro atoms. The summed E-state index contributed by atoms with van der Waals surface area (Å²) in [6, 6.07) is 12.2. The minimum Gasteiger partial charge on any atom is -0.493 e. The number of sulfonamides is 1. The van der Waals surface area contributed by atoms with Gasteiger partial charge in [0.25, 0.3) is 0 Å². The van der Waals surface area contributed by atoms with Crippen LogP contribution in [0.5, 0.6) is 11.5 Å². The third-order valence-corrected chi connectivity index (χ3v) is 10.1. The number of rotatable bonds is 9. The van der Waals surface area contributed by atoms with Crippen molar-refractivity contribution < 1.29 is 22.7 Å². The second-order valence-electron chi connectivity index (χ2n) is 9.77. The highest BCUT2D eigenvalue weighted by atomic mass is 32.2. The molecule has 0 bridgehead atoms. The van der Waals surface area contributed by atoms with Crippen molar-refractivity contribution in [3.63, 3.8) is 0 Å². The molecular formula is C28H33N5O5S2. The summed E-state index contributed by atoms with van der Waals surface area (Å²) in [7, 11) is -0.403. The third kappa shape index (κ3) is 5.35. The summed E-state index contributed by atoms with van der Waals surface area (Å²) in [5, 5.41) is 13.0. The fraction of sp³-hybridized carbons (Fsp3) is 0.393. The van der Waals surface area contributed by atoms with Crippen LogP contribution in [-0.4, -0.2) is 65.8 Å². The van der Waals surface area contributed by atoms with Gasteiger partial charge < -0.3 is 14.8 Å². The molecule has 10 nitrogen and oxygen atoms in total. The number of thioether (sulfide) groups is 1. The molecule has 4 aromatic rings.